The minimum Gasteiger partial charge on any atom is -0.481 e. The Bertz CT molecular complexity index is 1150. The van der Waals surface area contributed by atoms with E-state index in [9.17, 15) is 18.0 Å². The van der Waals surface area contributed by atoms with Gasteiger partial charge in [0.05, 0.1) is 11.0 Å². The van der Waals surface area contributed by atoms with Gasteiger partial charge in [-0.15, -0.1) is 13.2 Å². The zero-order chi connectivity index (χ0) is 24.5. The van der Waals surface area contributed by atoms with Gasteiger partial charge in [0.15, 0.2) is 0 Å². The molecule has 1 heterocycles. The fourth-order valence-corrected chi connectivity index (χ4v) is 4.99. The number of carbonyl (C=O) groups is 1. The molecule has 0 aliphatic heterocycles. The summed E-state index contributed by atoms with van der Waals surface area (Å²) in [7, 11) is 0. The third-order valence-electron chi connectivity index (χ3n) is 6.24. The van der Waals surface area contributed by atoms with Crippen LogP contribution in [0.25, 0.3) is 11.0 Å². The number of halogens is 3. The summed E-state index contributed by atoms with van der Waals surface area (Å²) in [6.07, 6.45) is -1.10. The Balaban J connectivity index is 1.68. The molecule has 4 rings (SSSR count). The topological polar surface area (TPSA) is 76.4 Å². The van der Waals surface area contributed by atoms with Crippen molar-refractivity contribution in [3.8, 4) is 5.75 Å². The first-order chi connectivity index (χ1) is 16.1. The van der Waals surface area contributed by atoms with Crippen LogP contribution in [0, 0.1) is 11.8 Å². The molecule has 2 aromatic carbocycles. The molecule has 2 atom stereocenters. The molecular weight excluding hydrogens is 447 g/mol. The Morgan fingerprint density at radius 1 is 1.12 bits per heavy atom. The summed E-state index contributed by atoms with van der Waals surface area (Å²) in [5, 5.41) is 12.3. The molecule has 0 bridgehead atoms. The second-order valence-electron chi connectivity index (χ2n) is 9.29. The molecule has 0 spiro atoms. The SMILES string of the molecule is CC1CC(C)CC(n2c(Nc3ccc(OC(F)(F)F)cc3)nc3cc(CCC(=O)O)ccc32)C1. The lowest BCUT2D eigenvalue weighted by molar-refractivity contribution is -0.274. The van der Waals surface area contributed by atoms with Crippen LogP contribution in [0.3, 0.4) is 0 Å². The molecule has 2 unspecified atom stereocenters. The van der Waals surface area contributed by atoms with Crippen LogP contribution in [-0.4, -0.2) is 27.0 Å². The van der Waals surface area contributed by atoms with Crippen molar-refractivity contribution < 1.29 is 27.8 Å². The molecule has 6 nitrogen and oxygen atoms in total. The number of hydrogen-bond donors (Lipinski definition) is 2. The van der Waals surface area contributed by atoms with Crippen LogP contribution in [-0.2, 0) is 11.2 Å². The lowest BCUT2D eigenvalue weighted by Crippen LogP contribution is -2.23. The number of benzene rings is 2. The summed E-state index contributed by atoms with van der Waals surface area (Å²) < 4.78 is 43.6. The van der Waals surface area contributed by atoms with Crippen LogP contribution in [0.5, 0.6) is 5.75 Å². The number of aliphatic carboxylic acids is 1. The van der Waals surface area contributed by atoms with Crippen LogP contribution in [0.2, 0.25) is 0 Å². The van der Waals surface area contributed by atoms with Gasteiger partial charge in [-0.3, -0.25) is 4.79 Å². The van der Waals surface area contributed by atoms with Crippen LogP contribution >= 0.6 is 0 Å². The Morgan fingerprint density at radius 3 is 2.41 bits per heavy atom. The van der Waals surface area contributed by atoms with Crippen LogP contribution in [0.15, 0.2) is 42.5 Å². The molecule has 3 aromatic rings. The maximum absolute atomic E-state index is 12.5. The monoisotopic (exact) mass is 475 g/mol. The number of anilines is 2. The van der Waals surface area contributed by atoms with E-state index in [4.69, 9.17) is 10.1 Å². The van der Waals surface area contributed by atoms with Gasteiger partial charge in [0.25, 0.3) is 0 Å². The molecule has 34 heavy (non-hydrogen) atoms. The fraction of sp³-hybridized carbons (Fsp3) is 0.440. The van der Waals surface area contributed by atoms with Gasteiger partial charge < -0.3 is 19.7 Å². The van der Waals surface area contributed by atoms with E-state index in [1.54, 1.807) is 0 Å². The average Bonchev–Trinajstić information content (AvgIpc) is 3.09. The number of ether oxygens (including phenoxy) is 1. The molecule has 1 aliphatic carbocycles. The zero-order valence-electron chi connectivity index (χ0n) is 19.1. The van der Waals surface area contributed by atoms with E-state index >= 15 is 0 Å². The Kier molecular flexibility index (Phi) is 6.72. The van der Waals surface area contributed by atoms with Crippen molar-refractivity contribution in [1.82, 2.24) is 9.55 Å². The lowest BCUT2D eigenvalue weighted by atomic mass is 9.80. The number of carboxylic acids is 1. The largest absolute Gasteiger partial charge is 0.573 e. The maximum Gasteiger partial charge on any atom is 0.573 e. The zero-order valence-corrected chi connectivity index (χ0v) is 19.1. The van der Waals surface area contributed by atoms with E-state index in [1.807, 2.05) is 18.2 Å². The molecule has 1 fully saturated rings. The van der Waals surface area contributed by atoms with Gasteiger partial charge in [0.2, 0.25) is 5.95 Å². The Labute approximate surface area is 195 Å². The molecule has 0 saturated heterocycles. The molecule has 0 radical (unpaired) electrons. The van der Waals surface area contributed by atoms with Crippen molar-refractivity contribution in [3.63, 3.8) is 0 Å². The molecule has 1 saturated carbocycles. The normalized spacial score (nSPS) is 20.9. The van der Waals surface area contributed by atoms with Crippen LogP contribution < -0.4 is 10.1 Å². The van der Waals surface area contributed by atoms with Gasteiger partial charge in [-0.1, -0.05) is 19.9 Å². The average molecular weight is 476 g/mol. The van der Waals surface area contributed by atoms with Crippen molar-refractivity contribution >= 4 is 28.6 Å². The summed E-state index contributed by atoms with van der Waals surface area (Å²) >= 11 is 0. The van der Waals surface area contributed by atoms with E-state index in [-0.39, 0.29) is 18.2 Å². The summed E-state index contributed by atoms with van der Waals surface area (Å²) in [5.74, 6) is 0.599. The second kappa shape index (κ2) is 9.56. The number of imidazole rings is 1. The summed E-state index contributed by atoms with van der Waals surface area (Å²) in [6, 6.07) is 11.6. The van der Waals surface area contributed by atoms with Crippen molar-refractivity contribution in [2.24, 2.45) is 11.8 Å². The van der Waals surface area contributed by atoms with Gasteiger partial charge in [0, 0.05) is 18.2 Å². The molecule has 9 heteroatoms. The predicted octanol–water partition coefficient (Wildman–Crippen LogP) is 6.69. The summed E-state index contributed by atoms with van der Waals surface area (Å²) in [6.45, 7) is 4.50. The van der Waals surface area contributed by atoms with Crippen molar-refractivity contribution in [3.05, 3.63) is 48.0 Å². The minimum absolute atomic E-state index is 0.0430. The first-order valence-corrected chi connectivity index (χ1v) is 11.4. The third-order valence-corrected chi connectivity index (χ3v) is 6.24. The van der Waals surface area contributed by atoms with E-state index in [0.717, 1.165) is 29.4 Å². The van der Waals surface area contributed by atoms with Gasteiger partial charge >= 0.3 is 12.3 Å². The van der Waals surface area contributed by atoms with Gasteiger partial charge in [-0.05, 0) is 79.5 Å². The number of fused-ring (bicyclic) bond motifs is 1. The smallest absolute Gasteiger partial charge is 0.481 e. The highest BCUT2D eigenvalue weighted by Gasteiger charge is 2.31. The number of nitrogens with one attached hydrogen (secondary N) is 1. The van der Waals surface area contributed by atoms with E-state index in [2.05, 4.69) is 28.5 Å². The number of hydrogen-bond acceptors (Lipinski definition) is 4. The van der Waals surface area contributed by atoms with Gasteiger partial charge in [-0.2, -0.15) is 0 Å². The van der Waals surface area contributed by atoms with Gasteiger partial charge in [-0.25, -0.2) is 4.98 Å². The highest BCUT2D eigenvalue weighted by molar-refractivity contribution is 5.81. The minimum atomic E-state index is -4.74. The summed E-state index contributed by atoms with van der Waals surface area (Å²) in [5.41, 5.74) is 3.19. The van der Waals surface area contributed by atoms with Crippen molar-refractivity contribution in [1.29, 1.82) is 0 Å². The number of alkyl halides is 3. The molecular formula is C25H28F3N3O3. The fourth-order valence-electron chi connectivity index (χ4n) is 4.99. The van der Waals surface area contributed by atoms with E-state index < -0.39 is 12.3 Å². The Morgan fingerprint density at radius 2 is 1.79 bits per heavy atom. The highest BCUT2D eigenvalue weighted by atomic mass is 19.4. The molecule has 1 aromatic heterocycles. The van der Waals surface area contributed by atoms with E-state index in [1.165, 1.54) is 30.7 Å². The predicted molar refractivity (Wildman–Crippen MR) is 123 cm³/mol. The molecule has 182 valence electrons. The highest BCUT2D eigenvalue weighted by Crippen LogP contribution is 2.40. The number of carboxylic acid groups (broad SMARTS) is 1. The third kappa shape index (κ3) is 5.81. The van der Waals surface area contributed by atoms with Crippen molar-refractivity contribution in [2.45, 2.75) is 58.4 Å². The van der Waals surface area contributed by atoms with E-state index in [0.29, 0.717) is 29.9 Å². The lowest BCUT2D eigenvalue weighted by Gasteiger charge is -2.33. The Hall–Kier alpha value is -3.23. The van der Waals surface area contributed by atoms with Gasteiger partial charge in [0.1, 0.15) is 5.75 Å². The molecule has 2 N–H and O–H groups in total. The maximum atomic E-state index is 12.5. The quantitative estimate of drug-likeness (QED) is 0.398. The first kappa shape index (κ1) is 23.9. The number of nitrogens with zero attached hydrogens (tertiary/aromatic N) is 2. The standard InChI is InChI=1S/C25H28F3N3O3/c1-15-11-16(2)13-19(12-15)31-22-9-3-17(4-10-23(32)33)14-21(22)30-24(31)29-18-5-7-20(8-6-18)34-25(26,27)28/h3,5-9,14-16,19H,4,10-13H2,1-2H3,(H,29,30)(H,32,33). The summed E-state index contributed by atoms with van der Waals surface area (Å²) in [4.78, 5) is 15.8. The molecule has 0 amide bonds. The number of aryl methyl sites for hydroxylation is 1. The number of rotatable bonds is 7. The van der Waals surface area contributed by atoms with Crippen molar-refractivity contribution in [2.75, 3.05) is 5.32 Å². The second-order valence-corrected chi connectivity index (χ2v) is 9.29. The molecule has 1 aliphatic rings. The first-order valence-electron chi connectivity index (χ1n) is 11.4. The van der Waals surface area contributed by atoms with Crippen LogP contribution in [0.4, 0.5) is 24.8 Å². The van der Waals surface area contributed by atoms with Crippen LogP contribution in [0.1, 0.15) is 51.1 Å². The number of aromatic nitrogens is 2.